The van der Waals surface area contributed by atoms with Gasteiger partial charge in [-0.1, -0.05) is 0 Å². The second kappa shape index (κ2) is 4.82. The van der Waals surface area contributed by atoms with Crippen LogP contribution in [-0.4, -0.2) is 29.4 Å². The number of anilines is 1. The average molecular weight is 236 g/mol. The quantitative estimate of drug-likeness (QED) is 0.691. The molecule has 6 heteroatoms. The maximum atomic E-state index is 12.0. The minimum absolute atomic E-state index is 0.374. The third kappa shape index (κ3) is 2.93. The van der Waals surface area contributed by atoms with E-state index in [0.29, 0.717) is 11.3 Å². The molecule has 1 aromatic heterocycles. The number of pyridine rings is 1. The molecule has 0 aliphatic heterocycles. The Hall–Kier alpha value is -2.11. The molecular weight excluding hydrogens is 220 g/mol. The lowest BCUT2D eigenvalue weighted by Crippen LogP contribution is -2.53. The molecule has 0 bridgehead atoms. The summed E-state index contributed by atoms with van der Waals surface area (Å²) in [4.78, 5) is 27.0. The highest BCUT2D eigenvalue weighted by molar-refractivity contribution is 6.02. The van der Waals surface area contributed by atoms with Crippen LogP contribution in [0.5, 0.6) is 0 Å². The second-order valence-corrected chi connectivity index (χ2v) is 4.11. The summed E-state index contributed by atoms with van der Waals surface area (Å²) in [5.74, 6) is -0.966. The zero-order chi connectivity index (χ0) is 13.1. The van der Waals surface area contributed by atoms with Crippen molar-refractivity contribution in [2.75, 3.05) is 12.4 Å². The average Bonchev–Trinajstić information content (AvgIpc) is 2.28. The third-order valence-corrected chi connectivity index (χ3v) is 2.38. The van der Waals surface area contributed by atoms with E-state index in [2.05, 4.69) is 15.6 Å². The summed E-state index contributed by atoms with van der Waals surface area (Å²) < 4.78 is 0. The first-order chi connectivity index (χ1) is 7.88. The lowest BCUT2D eigenvalue weighted by Gasteiger charge is -2.22. The van der Waals surface area contributed by atoms with Crippen LogP contribution in [0.15, 0.2) is 18.5 Å². The summed E-state index contributed by atoms with van der Waals surface area (Å²) in [6.45, 7) is 3.10. The molecule has 0 aromatic carbocycles. The number of carbonyl (C=O) groups excluding carboxylic acids is 2. The van der Waals surface area contributed by atoms with Crippen LogP contribution in [-0.2, 0) is 4.79 Å². The van der Waals surface area contributed by atoms with E-state index in [1.165, 1.54) is 12.4 Å². The Morgan fingerprint density at radius 3 is 2.59 bits per heavy atom. The Labute approximate surface area is 99.6 Å². The van der Waals surface area contributed by atoms with Gasteiger partial charge in [-0.05, 0) is 19.9 Å². The fourth-order valence-electron chi connectivity index (χ4n) is 1.20. The van der Waals surface area contributed by atoms with E-state index >= 15 is 0 Å². The number of carbonyl (C=O) groups is 2. The van der Waals surface area contributed by atoms with Crippen molar-refractivity contribution in [1.82, 2.24) is 10.3 Å². The Morgan fingerprint density at radius 1 is 1.41 bits per heavy atom. The number of rotatable bonds is 4. The smallest absolute Gasteiger partial charge is 0.254 e. The molecule has 2 amide bonds. The molecule has 0 spiro atoms. The van der Waals surface area contributed by atoms with Crippen LogP contribution in [0.4, 0.5) is 5.69 Å². The first-order valence-corrected chi connectivity index (χ1v) is 5.12. The van der Waals surface area contributed by atoms with Gasteiger partial charge in [0.1, 0.15) is 5.54 Å². The topological polar surface area (TPSA) is 97.1 Å². The molecule has 0 fully saturated rings. The summed E-state index contributed by atoms with van der Waals surface area (Å²) in [6, 6.07) is 1.57. The Kier molecular flexibility index (Phi) is 3.67. The number of amides is 2. The van der Waals surface area contributed by atoms with E-state index < -0.39 is 11.4 Å². The summed E-state index contributed by atoms with van der Waals surface area (Å²) >= 11 is 0. The number of primary amides is 1. The highest BCUT2D eigenvalue weighted by Crippen LogP contribution is 2.13. The summed E-state index contributed by atoms with van der Waals surface area (Å²) in [5.41, 5.74) is 5.10. The minimum Gasteiger partial charge on any atom is -0.386 e. The molecule has 17 heavy (non-hydrogen) atoms. The van der Waals surface area contributed by atoms with Crippen molar-refractivity contribution in [1.29, 1.82) is 0 Å². The van der Waals surface area contributed by atoms with Crippen LogP contribution < -0.4 is 16.4 Å². The highest BCUT2D eigenvalue weighted by atomic mass is 16.2. The highest BCUT2D eigenvalue weighted by Gasteiger charge is 2.27. The fourth-order valence-corrected chi connectivity index (χ4v) is 1.20. The van der Waals surface area contributed by atoms with E-state index in [1.54, 1.807) is 27.0 Å². The second-order valence-electron chi connectivity index (χ2n) is 4.11. The number of hydrogen-bond donors (Lipinski definition) is 3. The van der Waals surface area contributed by atoms with Gasteiger partial charge in [0.25, 0.3) is 5.91 Å². The molecule has 1 rings (SSSR count). The molecule has 92 valence electrons. The van der Waals surface area contributed by atoms with E-state index in [0.717, 1.165) is 0 Å². The van der Waals surface area contributed by atoms with Crippen molar-refractivity contribution in [3.8, 4) is 0 Å². The summed E-state index contributed by atoms with van der Waals surface area (Å²) in [7, 11) is 1.69. The van der Waals surface area contributed by atoms with E-state index in [1.807, 2.05) is 0 Å². The Bertz CT molecular complexity index is 443. The number of nitrogens with two attached hydrogens (primary N) is 1. The van der Waals surface area contributed by atoms with Crippen LogP contribution >= 0.6 is 0 Å². The van der Waals surface area contributed by atoms with E-state index in [-0.39, 0.29) is 5.91 Å². The van der Waals surface area contributed by atoms with Crippen molar-refractivity contribution in [2.24, 2.45) is 5.73 Å². The zero-order valence-corrected chi connectivity index (χ0v) is 10.1. The molecule has 0 radical (unpaired) electrons. The van der Waals surface area contributed by atoms with Crippen molar-refractivity contribution in [3.05, 3.63) is 24.0 Å². The number of nitrogens with one attached hydrogen (secondary N) is 2. The monoisotopic (exact) mass is 236 g/mol. The maximum Gasteiger partial charge on any atom is 0.254 e. The lowest BCUT2D eigenvalue weighted by atomic mass is 10.0. The van der Waals surface area contributed by atoms with E-state index in [4.69, 9.17) is 5.73 Å². The molecule has 4 N–H and O–H groups in total. The standard InChI is InChI=1S/C11H16N4O2/c1-11(2,10(12)17)15-9(16)7-4-5-14-6-8(7)13-3/h4-6,13H,1-3H3,(H2,12,17)(H,15,16). The largest absolute Gasteiger partial charge is 0.386 e. The first-order valence-electron chi connectivity index (χ1n) is 5.12. The molecule has 0 saturated carbocycles. The molecular formula is C11H16N4O2. The number of nitrogens with zero attached hydrogens (tertiary/aromatic N) is 1. The molecule has 0 unspecified atom stereocenters. The SMILES string of the molecule is CNc1cnccc1C(=O)NC(C)(C)C(N)=O. The third-order valence-electron chi connectivity index (χ3n) is 2.38. The normalized spacial score (nSPS) is 10.8. The molecule has 0 saturated heterocycles. The Morgan fingerprint density at radius 2 is 2.06 bits per heavy atom. The Balaban J connectivity index is 2.94. The van der Waals surface area contributed by atoms with Crippen LogP contribution in [0, 0.1) is 0 Å². The maximum absolute atomic E-state index is 12.0. The fraction of sp³-hybridized carbons (Fsp3) is 0.364. The van der Waals surface area contributed by atoms with E-state index in [9.17, 15) is 9.59 Å². The minimum atomic E-state index is -1.09. The molecule has 0 aliphatic rings. The number of aromatic nitrogens is 1. The van der Waals surface area contributed by atoms with Gasteiger partial charge >= 0.3 is 0 Å². The van der Waals surface area contributed by atoms with Gasteiger partial charge in [0.05, 0.1) is 17.4 Å². The van der Waals surface area contributed by atoms with Crippen molar-refractivity contribution < 1.29 is 9.59 Å². The van der Waals surface area contributed by atoms with Gasteiger partial charge in [0.2, 0.25) is 5.91 Å². The molecule has 0 aliphatic carbocycles. The molecule has 0 atom stereocenters. The van der Waals surface area contributed by atoms with Gasteiger partial charge in [0.15, 0.2) is 0 Å². The zero-order valence-electron chi connectivity index (χ0n) is 10.1. The summed E-state index contributed by atoms with van der Waals surface area (Å²) in [5, 5.41) is 5.42. The van der Waals surface area contributed by atoms with Crippen molar-refractivity contribution >= 4 is 17.5 Å². The van der Waals surface area contributed by atoms with Crippen LogP contribution in [0.1, 0.15) is 24.2 Å². The predicted molar refractivity (Wildman–Crippen MR) is 64.5 cm³/mol. The van der Waals surface area contributed by atoms with Gasteiger partial charge in [-0.25, -0.2) is 0 Å². The van der Waals surface area contributed by atoms with Gasteiger partial charge < -0.3 is 16.4 Å². The molecule has 1 heterocycles. The lowest BCUT2D eigenvalue weighted by molar-refractivity contribution is -0.122. The van der Waals surface area contributed by atoms with Crippen molar-refractivity contribution in [3.63, 3.8) is 0 Å². The van der Waals surface area contributed by atoms with Crippen LogP contribution in [0.25, 0.3) is 0 Å². The van der Waals surface area contributed by atoms with Crippen molar-refractivity contribution in [2.45, 2.75) is 19.4 Å². The van der Waals surface area contributed by atoms with Gasteiger partial charge in [-0.3, -0.25) is 14.6 Å². The molecule has 6 nitrogen and oxygen atoms in total. The number of hydrogen-bond acceptors (Lipinski definition) is 4. The van der Waals surface area contributed by atoms with Crippen LogP contribution in [0.2, 0.25) is 0 Å². The van der Waals surface area contributed by atoms with Crippen LogP contribution in [0.3, 0.4) is 0 Å². The van der Waals surface area contributed by atoms with Gasteiger partial charge in [-0.15, -0.1) is 0 Å². The summed E-state index contributed by atoms with van der Waals surface area (Å²) in [6.07, 6.45) is 3.04. The van der Waals surface area contributed by atoms with Gasteiger partial charge in [-0.2, -0.15) is 0 Å². The molecule has 1 aromatic rings. The predicted octanol–water partition coefficient (Wildman–Crippen LogP) is 0.117. The van der Waals surface area contributed by atoms with Gasteiger partial charge in [0, 0.05) is 13.2 Å². The first kappa shape index (κ1) is 13.0.